The van der Waals surface area contributed by atoms with E-state index in [1.165, 1.54) is 34.1 Å². The molecule has 2 fully saturated rings. The standard InChI is InChI=1S/C19H25N5O6/c1-19(2,3)23(18(28)29)12-6-4-11(5-7-12)15(25)20-21-16(26)14-9-8-13-10-22(14)17(27)24(13)30/h4-7,13-14,30H,8-10H2,1-3H3,(H,20,25)(H,21,26)(H,28,29)/t13-,14+/m1/s1. The number of carbonyl (C=O) groups excluding carboxylic acids is 3. The molecule has 5 amide bonds. The Balaban J connectivity index is 1.61. The number of fused-ring (bicyclic) bond motifs is 2. The van der Waals surface area contributed by atoms with Crippen molar-refractivity contribution in [2.24, 2.45) is 0 Å². The first-order valence-corrected chi connectivity index (χ1v) is 9.53. The van der Waals surface area contributed by atoms with Gasteiger partial charge in [0.15, 0.2) is 0 Å². The van der Waals surface area contributed by atoms with Crippen LogP contribution in [0.25, 0.3) is 0 Å². The highest BCUT2D eigenvalue weighted by molar-refractivity contribution is 5.97. The molecule has 1 aromatic rings. The molecule has 3 rings (SSSR count). The number of rotatable bonds is 3. The van der Waals surface area contributed by atoms with Gasteiger partial charge in [-0.15, -0.1) is 0 Å². The Bertz CT molecular complexity index is 865. The van der Waals surface area contributed by atoms with Crippen LogP contribution < -0.4 is 15.8 Å². The normalized spacial score (nSPS) is 20.7. The Morgan fingerprint density at radius 1 is 1.10 bits per heavy atom. The van der Waals surface area contributed by atoms with Gasteiger partial charge in [0.2, 0.25) is 0 Å². The van der Waals surface area contributed by atoms with Gasteiger partial charge in [-0.1, -0.05) is 0 Å². The minimum absolute atomic E-state index is 0.223. The van der Waals surface area contributed by atoms with Crippen LogP contribution in [0, 0.1) is 0 Å². The summed E-state index contributed by atoms with van der Waals surface area (Å²) in [6.07, 6.45) is -0.249. The average molecular weight is 419 g/mol. The number of anilines is 1. The number of hydrogen-bond donors (Lipinski definition) is 4. The van der Waals surface area contributed by atoms with Crippen molar-refractivity contribution in [2.75, 3.05) is 11.4 Å². The Morgan fingerprint density at radius 3 is 2.30 bits per heavy atom. The number of nitrogens with one attached hydrogen (secondary N) is 2. The highest BCUT2D eigenvalue weighted by Crippen LogP contribution is 2.28. The quantitative estimate of drug-likeness (QED) is 0.431. The van der Waals surface area contributed by atoms with E-state index >= 15 is 0 Å². The fourth-order valence-electron chi connectivity index (χ4n) is 3.74. The van der Waals surface area contributed by atoms with E-state index in [1.54, 1.807) is 20.8 Å². The molecule has 30 heavy (non-hydrogen) atoms. The van der Waals surface area contributed by atoms with Crippen molar-refractivity contribution in [1.82, 2.24) is 20.8 Å². The van der Waals surface area contributed by atoms with E-state index in [1.807, 2.05) is 0 Å². The first kappa shape index (κ1) is 21.4. The Hall–Kier alpha value is -3.34. The summed E-state index contributed by atoms with van der Waals surface area (Å²) < 4.78 is 0. The maximum Gasteiger partial charge on any atom is 0.412 e. The summed E-state index contributed by atoms with van der Waals surface area (Å²) in [5, 5.41) is 19.8. The van der Waals surface area contributed by atoms with E-state index in [2.05, 4.69) is 10.9 Å². The molecule has 2 saturated heterocycles. The molecule has 0 aliphatic carbocycles. The zero-order valence-electron chi connectivity index (χ0n) is 17.0. The van der Waals surface area contributed by atoms with E-state index in [0.29, 0.717) is 23.6 Å². The first-order chi connectivity index (χ1) is 14.0. The van der Waals surface area contributed by atoms with E-state index in [-0.39, 0.29) is 18.2 Å². The minimum Gasteiger partial charge on any atom is -0.465 e. The lowest BCUT2D eigenvalue weighted by Gasteiger charge is -2.33. The summed E-state index contributed by atoms with van der Waals surface area (Å²) in [5.41, 5.74) is 4.58. The van der Waals surface area contributed by atoms with Gasteiger partial charge in [-0.05, 0) is 57.9 Å². The van der Waals surface area contributed by atoms with Gasteiger partial charge in [-0.3, -0.25) is 30.5 Å². The Labute approximate surface area is 173 Å². The number of nitrogens with zero attached hydrogens (tertiary/aromatic N) is 3. The molecule has 11 heteroatoms. The topological polar surface area (TPSA) is 143 Å². The second-order valence-corrected chi connectivity index (χ2v) is 8.31. The predicted molar refractivity (Wildman–Crippen MR) is 105 cm³/mol. The summed E-state index contributed by atoms with van der Waals surface area (Å²) in [6, 6.07) is 4.22. The predicted octanol–water partition coefficient (Wildman–Crippen LogP) is 1.39. The monoisotopic (exact) mass is 419 g/mol. The lowest BCUT2D eigenvalue weighted by Crippen LogP contribution is -2.54. The van der Waals surface area contributed by atoms with Gasteiger partial charge in [0.25, 0.3) is 11.8 Å². The van der Waals surface area contributed by atoms with Crippen molar-refractivity contribution in [2.45, 2.75) is 51.2 Å². The summed E-state index contributed by atoms with van der Waals surface area (Å²) in [5.74, 6) is -1.13. The number of urea groups is 1. The zero-order chi connectivity index (χ0) is 22.2. The van der Waals surface area contributed by atoms with Crippen LogP contribution >= 0.6 is 0 Å². The lowest BCUT2D eigenvalue weighted by molar-refractivity contribution is -0.126. The maximum atomic E-state index is 12.4. The van der Waals surface area contributed by atoms with Gasteiger partial charge in [0.05, 0.1) is 6.04 Å². The molecule has 2 heterocycles. The third kappa shape index (κ3) is 4.01. The number of carboxylic acid groups (broad SMARTS) is 1. The number of piperidine rings is 1. The zero-order valence-corrected chi connectivity index (χ0v) is 17.0. The summed E-state index contributed by atoms with van der Waals surface area (Å²) in [4.78, 5) is 50.7. The van der Waals surface area contributed by atoms with Crippen LogP contribution in [0.4, 0.5) is 15.3 Å². The highest BCUT2D eigenvalue weighted by atomic mass is 16.5. The van der Waals surface area contributed by atoms with Crippen LogP contribution in [-0.4, -0.2) is 68.4 Å². The van der Waals surface area contributed by atoms with Crippen molar-refractivity contribution in [1.29, 1.82) is 0 Å². The molecule has 2 bridgehead atoms. The largest absolute Gasteiger partial charge is 0.465 e. The van der Waals surface area contributed by atoms with Crippen LogP contribution in [0.15, 0.2) is 24.3 Å². The van der Waals surface area contributed by atoms with Gasteiger partial charge in [-0.25, -0.2) is 14.7 Å². The van der Waals surface area contributed by atoms with Gasteiger partial charge < -0.3 is 10.0 Å². The van der Waals surface area contributed by atoms with Crippen molar-refractivity contribution in [3.63, 3.8) is 0 Å². The highest BCUT2D eigenvalue weighted by Gasteiger charge is 2.46. The third-order valence-corrected chi connectivity index (χ3v) is 5.20. The molecular weight excluding hydrogens is 394 g/mol. The molecule has 4 N–H and O–H groups in total. The Morgan fingerprint density at radius 2 is 1.73 bits per heavy atom. The lowest BCUT2D eigenvalue weighted by atomic mass is 10.0. The molecule has 162 valence electrons. The molecule has 2 aliphatic rings. The molecule has 2 atom stereocenters. The van der Waals surface area contributed by atoms with Crippen LogP contribution in [0.3, 0.4) is 0 Å². The summed E-state index contributed by atoms with van der Waals surface area (Å²) in [6.45, 7) is 5.53. The van der Waals surface area contributed by atoms with Crippen molar-refractivity contribution < 1.29 is 29.5 Å². The van der Waals surface area contributed by atoms with Gasteiger partial charge in [0, 0.05) is 23.3 Å². The van der Waals surface area contributed by atoms with Crippen molar-refractivity contribution in [3.8, 4) is 0 Å². The second-order valence-electron chi connectivity index (χ2n) is 8.31. The number of hydroxylamine groups is 2. The van der Waals surface area contributed by atoms with Gasteiger partial charge >= 0.3 is 12.1 Å². The van der Waals surface area contributed by atoms with Crippen molar-refractivity contribution >= 4 is 29.6 Å². The van der Waals surface area contributed by atoms with Crippen LogP contribution in [0.5, 0.6) is 0 Å². The van der Waals surface area contributed by atoms with Crippen molar-refractivity contribution in [3.05, 3.63) is 29.8 Å². The molecule has 0 spiro atoms. The fourth-order valence-corrected chi connectivity index (χ4v) is 3.74. The maximum absolute atomic E-state index is 12.4. The van der Waals surface area contributed by atoms with E-state index in [9.17, 15) is 29.5 Å². The van der Waals surface area contributed by atoms with E-state index < -0.39 is 35.5 Å². The molecule has 0 unspecified atom stereocenters. The van der Waals surface area contributed by atoms with Gasteiger partial charge in [0.1, 0.15) is 6.04 Å². The van der Waals surface area contributed by atoms with E-state index in [0.717, 1.165) is 0 Å². The molecular formula is C19H25N5O6. The average Bonchev–Trinajstić information content (AvgIpc) is 2.89. The molecule has 0 saturated carbocycles. The molecule has 0 aromatic heterocycles. The Kier molecular flexibility index (Phi) is 5.57. The smallest absolute Gasteiger partial charge is 0.412 e. The molecule has 0 radical (unpaired) electrons. The number of carbonyl (C=O) groups is 4. The number of amides is 5. The summed E-state index contributed by atoms with van der Waals surface area (Å²) >= 11 is 0. The van der Waals surface area contributed by atoms with Crippen LogP contribution in [-0.2, 0) is 4.79 Å². The van der Waals surface area contributed by atoms with E-state index in [4.69, 9.17) is 0 Å². The third-order valence-electron chi connectivity index (χ3n) is 5.20. The second kappa shape index (κ2) is 7.82. The minimum atomic E-state index is -1.11. The molecule has 2 aliphatic heterocycles. The molecule has 1 aromatic carbocycles. The fraction of sp³-hybridized carbons (Fsp3) is 0.474. The van der Waals surface area contributed by atoms with Gasteiger partial charge in [-0.2, -0.15) is 0 Å². The number of hydrazine groups is 1. The first-order valence-electron chi connectivity index (χ1n) is 9.53. The molecule has 11 nitrogen and oxygen atoms in total. The SMILES string of the molecule is CC(C)(C)N(C(=O)O)c1ccc(C(=O)NNC(=O)[C@@H]2CC[C@@H]3CN2C(=O)N3O)cc1. The number of benzene rings is 1. The number of hydrogen-bond acceptors (Lipinski definition) is 5. The summed E-state index contributed by atoms with van der Waals surface area (Å²) in [7, 11) is 0. The van der Waals surface area contributed by atoms with Crippen LogP contribution in [0.1, 0.15) is 44.0 Å². The van der Waals surface area contributed by atoms with Crippen LogP contribution in [0.2, 0.25) is 0 Å².